The average molecular weight is 971 g/mol. The Morgan fingerprint density at radius 2 is 1.36 bits per heavy atom. The smallest absolute Gasteiger partial charge is 0.303 e. The number of nitrogens with zero attached hydrogens (tertiary/aromatic N) is 2. The van der Waals surface area contributed by atoms with Crippen molar-refractivity contribution in [3.05, 3.63) is 69.3 Å². The topological polar surface area (TPSA) is 228 Å². The van der Waals surface area contributed by atoms with E-state index >= 15 is 0 Å². The molecule has 0 amide bonds. The Hall–Kier alpha value is -5.75. The number of aryl methyl sites for hydroxylation is 3. The summed E-state index contributed by atoms with van der Waals surface area (Å²) in [6.45, 7) is 17.5. The number of nitrogens with one attached hydrogen (secondary N) is 2. The van der Waals surface area contributed by atoms with Gasteiger partial charge in [0, 0.05) is 98.0 Å². The summed E-state index contributed by atoms with van der Waals surface area (Å²) in [7, 11) is 0. The lowest BCUT2D eigenvalue weighted by Crippen LogP contribution is -2.63. The summed E-state index contributed by atoms with van der Waals surface area (Å²) >= 11 is 0. The number of ketones is 1. The number of aromatic nitrogens is 4. The van der Waals surface area contributed by atoms with Crippen molar-refractivity contribution in [3.63, 3.8) is 0 Å². The normalized spacial score (nSPS) is 21.1. The van der Waals surface area contributed by atoms with E-state index in [0.717, 1.165) is 119 Å². The standard InChI is InChI=1S/C53H70N4O13/c1-11-38-29(3)44-25-47-40(26-58)31(5)43(56-47)24-45-30(4)39(49(57-45)32(6)42-22-28(2)41(54-42)23-46(38)55-44)18-17-37(63)16-14-12-13-15-19-64-20-21-65-53-52(69-36(10)62)51(68-35(9)61)50(67-34(8)60)48(70-53)27-66-33(7)59/h22-25,30,39,48,50-54,56,58H,11-21,26-27H2,1-10H3/t30-,39-,48+,50+,51-,52+,53+/m0/s1. The van der Waals surface area contributed by atoms with Crippen LogP contribution < -0.4 is 0 Å². The number of Topliss-reactive ketones (excluding diaryl/α,β-unsaturated/α-hetero) is 1. The van der Waals surface area contributed by atoms with Crippen molar-refractivity contribution in [3.8, 4) is 0 Å². The molecule has 0 radical (unpaired) electrons. The second-order valence-electron chi connectivity index (χ2n) is 18.5. The zero-order valence-electron chi connectivity index (χ0n) is 42.3. The van der Waals surface area contributed by atoms with Gasteiger partial charge in [0.1, 0.15) is 18.5 Å². The van der Waals surface area contributed by atoms with E-state index in [2.05, 4.69) is 62.8 Å². The molecule has 8 bridgehead atoms. The lowest BCUT2D eigenvalue weighted by Gasteiger charge is -2.44. The van der Waals surface area contributed by atoms with Gasteiger partial charge in [0.25, 0.3) is 0 Å². The molecule has 0 aliphatic carbocycles. The van der Waals surface area contributed by atoms with E-state index < -0.39 is 54.6 Å². The fourth-order valence-electron chi connectivity index (χ4n) is 9.62. The van der Waals surface area contributed by atoms with Crippen molar-refractivity contribution in [2.24, 2.45) is 0 Å². The summed E-state index contributed by atoms with van der Waals surface area (Å²) in [5, 5.41) is 10.5. The van der Waals surface area contributed by atoms with E-state index in [1.807, 2.05) is 13.0 Å². The van der Waals surface area contributed by atoms with Gasteiger partial charge in [-0.1, -0.05) is 26.7 Å². The van der Waals surface area contributed by atoms with Crippen LogP contribution in [0, 0.1) is 20.8 Å². The Labute approximate surface area is 409 Å². The van der Waals surface area contributed by atoms with E-state index in [1.165, 1.54) is 19.4 Å². The third kappa shape index (κ3) is 13.2. The molecule has 3 aromatic heterocycles. The van der Waals surface area contributed by atoms with Gasteiger partial charge < -0.3 is 48.2 Å². The molecule has 1 fully saturated rings. The molecule has 70 heavy (non-hydrogen) atoms. The second kappa shape index (κ2) is 24.4. The van der Waals surface area contributed by atoms with Crippen LogP contribution in [0.3, 0.4) is 0 Å². The number of aromatic amines is 2. The fraction of sp³-hybridized carbons (Fsp3) is 0.566. The van der Waals surface area contributed by atoms with Crippen LogP contribution in [0.25, 0.3) is 33.2 Å². The minimum absolute atomic E-state index is 0.0101. The van der Waals surface area contributed by atoms with Crippen LogP contribution in [0.5, 0.6) is 0 Å². The average Bonchev–Trinajstić information content (AvgIpc) is 4.01. The SMILES string of the molecule is CCC1=C(C)c2cc3[nH]c(cc4nc(c(C)c5cc(C)c(cc1n2)[nH]5)[C@@H](CCC(=O)CCCCCCOCCO[C@@H]1O[C@H](COC(C)=O)[C@@H](OC(C)=O)[C@H](OC(C)=O)[C@H]1OC(C)=O)[C@@H]4C)c(C)c3CO. The van der Waals surface area contributed by atoms with Crippen LogP contribution >= 0.6 is 0 Å². The highest BCUT2D eigenvalue weighted by atomic mass is 16.7. The van der Waals surface area contributed by atoms with Crippen LogP contribution in [0.15, 0.2) is 24.3 Å². The van der Waals surface area contributed by atoms with Gasteiger partial charge in [-0.2, -0.15) is 0 Å². The maximum absolute atomic E-state index is 13.4. The first-order chi connectivity index (χ1) is 33.4. The van der Waals surface area contributed by atoms with Crippen LogP contribution in [-0.2, 0) is 63.7 Å². The van der Waals surface area contributed by atoms with Crippen molar-refractivity contribution in [2.75, 3.05) is 26.4 Å². The lowest BCUT2D eigenvalue weighted by atomic mass is 9.85. The molecule has 3 aliphatic heterocycles. The van der Waals surface area contributed by atoms with Crippen molar-refractivity contribution < 1.29 is 62.2 Å². The maximum Gasteiger partial charge on any atom is 0.303 e. The molecule has 0 unspecified atom stereocenters. The molecule has 0 spiro atoms. The summed E-state index contributed by atoms with van der Waals surface area (Å²) in [4.78, 5) is 78.8. The van der Waals surface area contributed by atoms with Gasteiger partial charge in [0.2, 0.25) is 0 Å². The molecule has 17 heteroatoms. The number of hydrogen-bond donors (Lipinski definition) is 3. The van der Waals surface area contributed by atoms with Gasteiger partial charge in [0.05, 0.1) is 31.2 Å². The van der Waals surface area contributed by atoms with Crippen molar-refractivity contribution in [1.29, 1.82) is 0 Å². The zero-order valence-corrected chi connectivity index (χ0v) is 42.3. The molecule has 7 atom stereocenters. The number of ether oxygens (including phenoxy) is 7. The Bertz CT molecular complexity index is 2610. The van der Waals surface area contributed by atoms with Gasteiger partial charge in [0.15, 0.2) is 24.6 Å². The minimum Gasteiger partial charge on any atom is -0.463 e. The van der Waals surface area contributed by atoms with Crippen molar-refractivity contribution in [2.45, 2.75) is 170 Å². The van der Waals surface area contributed by atoms with Crippen LogP contribution in [0.2, 0.25) is 0 Å². The molecule has 1 saturated heterocycles. The predicted octanol–water partition coefficient (Wildman–Crippen LogP) is 8.38. The molecular formula is C53H70N4O13. The Balaban J connectivity index is 1.03. The highest BCUT2D eigenvalue weighted by Crippen LogP contribution is 2.42. The third-order valence-electron chi connectivity index (χ3n) is 13.4. The van der Waals surface area contributed by atoms with E-state index in [1.54, 1.807) is 0 Å². The molecule has 3 N–H and O–H groups in total. The third-order valence-corrected chi connectivity index (χ3v) is 13.4. The monoisotopic (exact) mass is 970 g/mol. The van der Waals surface area contributed by atoms with E-state index in [9.17, 15) is 29.1 Å². The number of unbranched alkanes of at least 4 members (excludes halogenated alkanes) is 3. The summed E-state index contributed by atoms with van der Waals surface area (Å²) in [6.07, 6.45) is -0.575. The second-order valence-corrected chi connectivity index (χ2v) is 18.5. The summed E-state index contributed by atoms with van der Waals surface area (Å²) in [5.74, 6) is -2.47. The van der Waals surface area contributed by atoms with Crippen LogP contribution in [0.4, 0.5) is 0 Å². The van der Waals surface area contributed by atoms with Gasteiger partial charge in [-0.05, 0) is 105 Å². The van der Waals surface area contributed by atoms with Crippen LogP contribution in [0.1, 0.15) is 157 Å². The molecule has 0 saturated carbocycles. The molecule has 3 aromatic rings. The fourth-order valence-corrected chi connectivity index (χ4v) is 9.62. The number of allylic oxidation sites excluding steroid dienone is 2. The molecule has 0 aromatic carbocycles. The summed E-state index contributed by atoms with van der Waals surface area (Å²) < 4.78 is 39.1. The number of aliphatic hydroxyl groups excluding tert-OH is 1. The van der Waals surface area contributed by atoms with Crippen molar-refractivity contribution in [1.82, 2.24) is 19.9 Å². The Kier molecular flexibility index (Phi) is 18.7. The van der Waals surface area contributed by atoms with Gasteiger partial charge >= 0.3 is 23.9 Å². The largest absolute Gasteiger partial charge is 0.463 e. The number of fused-ring (bicyclic) bond motifs is 8. The first-order valence-electron chi connectivity index (χ1n) is 24.4. The summed E-state index contributed by atoms with van der Waals surface area (Å²) in [5.41, 5.74) is 13.7. The first-order valence-corrected chi connectivity index (χ1v) is 24.4. The molecule has 17 nitrogen and oxygen atoms in total. The van der Waals surface area contributed by atoms with Gasteiger partial charge in [-0.25, -0.2) is 4.98 Å². The number of carbonyl (C=O) groups is 5. The zero-order chi connectivity index (χ0) is 50.8. The molecule has 380 valence electrons. The number of hydrogen-bond acceptors (Lipinski definition) is 15. The molecule has 3 aliphatic rings. The number of carbonyl (C=O) groups excluding carboxylic acids is 5. The van der Waals surface area contributed by atoms with E-state index in [-0.39, 0.29) is 44.0 Å². The van der Waals surface area contributed by atoms with Gasteiger partial charge in [-0.3, -0.25) is 29.0 Å². The van der Waals surface area contributed by atoms with Crippen LogP contribution in [-0.4, -0.2) is 112 Å². The van der Waals surface area contributed by atoms with Gasteiger partial charge in [-0.15, -0.1) is 0 Å². The first kappa shape index (κ1) is 53.6. The Morgan fingerprint density at radius 1 is 0.700 bits per heavy atom. The number of aliphatic hydroxyl groups is 1. The van der Waals surface area contributed by atoms with E-state index in [0.29, 0.717) is 25.9 Å². The number of esters is 4. The molecule has 6 rings (SSSR count). The lowest BCUT2D eigenvalue weighted by molar-refractivity contribution is -0.309. The van der Waals surface area contributed by atoms with Crippen molar-refractivity contribution >= 4 is 62.9 Å². The highest BCUT2D eigenvalue weighted by molar-refractivity contribution is 5.93. The molecular weight excluding hydrogens is 901 g/mol. The predicted molar refractivity (Wildman–Crippen MR) is 261 cm³/mol. The highest BCUT2D eigenvalue weighted by Gasteiger charge is 2.52. The van der Waals surface area contributed by atoms with E-state index in [4.69, 9.17) is 43.1 Å². The maximum atomic E-state index is 13.4. The Morgan fingerprint density at radius 3 is 2.04 bits per heavy atom. The number of H-pyrrole nitrogens is 2. The minimum atomic E-state index is -1.31. The number of rotatable bonds is 21. The summed E-state index contributed by atoms with van der Waals surface area (Å²) in [6, 6.07) is 8.44. The quantitative estimate of drug-likeness (QED) is 0.0518. The molecule has 6 heterocycles.